The lowest BCUT2D eigenvalue weighted by Gasteiger charge is -2.22. The number of carbonyl (C=O) groups is 1. The summed E-state index contributed by atoms with van der Waals surface area (Å²) in [5, 5.41) is 9.37. The summed E-state index contributed by atoms with van der Waals surface area (Å²) >= 11 is 6.27. The Morgan fingerprint density at radius 2 is 2.12 bits per heavy atom. The smallest absolute Gasteiger partial charge is 0.344 e. The number of halogens is 1. The van der Waals surface area contributed by atoms with E-state index in [4.69, 9.17) is 21.4 Å². The van der Waals surface area contributed by atoms with E-state index in [1.165, 1.54) is 25.3 Å². The molecule has 25 heavy (non-hydrogen) atoms. The molecule has 0 amide bonds. The average Bonchev–Trinajstić information content (AvgIpc) is 3.42. The minimum absolute atomic E-state index is 0.394. The van der Waals surface area contributed by atoms with Crippen LogP contribution in [0.25, 0.3) is 0 Å². The molecular weight excluding hydrogens is 340 g/mol. The summed E-state index contributed by atoms with van der Waals surface area (Å²) in [5.41, 5.74) is 2.27. The van der Waals surface area contributed by atoms with Gasteiger partial charge < -0.3 is 9.84 Å². The third-order valence-corrected chi connectivity index (χ3v) is 4.50. The molecule has 0 aliphatic heterocycles. The maximum Gasteiger partial charge on any atom is 0.344 e. The van der Waals surface area contributed by atoms with E-state index in [-0.39, 0.29) is 0 Å². The molecule has 1 atom stereocenters. The molecule has 1 N–H and O–H groups in total. The van der Waals surface area contributed by atoms with E-state index < -0.39 is 12.1 Å². The number of aliphatic carboxylic acids is 1. The number of benzene rings is 1. The second kappa shape index (κ2) is 7.85. The van der Waals surface area contributed by atoms with Gasteiger partial charge in [-0.1, -0.05) is 23.7 Å². The predicted molar refractivity (Wildman–Crippen MR) is 95.7 cm³/mol. The standard InChI is InChI=1S/C19H21ClN2O3/c1-13(19(23)24)25-18-7-4-14(9-17(18)20)11-22(16-5-6-16)12-15-3-2-8-21-10-15/h2-4,7-10,13,16H,5-6,11-12H2,1H3,(H,23,24)/t13-/m0/s1. The summed E-state index contributed by atoms with van der Waals surface area (Å²) in [6.45, 7) is 3.12. The molecule has 1 fully saturated rings. The number of hydrogen-bond donors (Lipinski definition) is 1. The Labute approximate surface area is 152 Å². The lowest BCUT2D eigenvalue weighted by atomic mass is 10.1. The molecule has 3 rings (SSSR count). The van der Waals surface area contributed by atoms with Crippen LogP contribution in [0.2, 0.25) is 5.02 Å². The van der Waals surface area contributed by atoms with Crippen LogP contribution >= 0.6 is 11.6 Å². The molecule has 1 aliphatic carbocycles. The molecule has 0 bridgehead atoms. The van der Waals surface area contributed by atoms with Gasteiger partial charge in [0.25, 0.3) is 0 Å². The first-order valence-corrected chi connectivity index (χ1v) is 8.71. The van der Waals surface area contributed by atoms with Gasteiger partial charge in [-0.05, 0) is 49.1 Å². The minimum atomic E-state index is -1.02. The summed E-state index contributed by atoms with van der Waals surface area (Å²) in [4.78, 5) is 17.5. The van der Waals surface area contributed by atoms with Crippen LogP contribution in [0.15, 0.2) is 42.7 Å². The molecule has 0 unspecified atom stereocenters. The second-order valence-electron chi connectivity index (χ2n) is 6.36. The molecule has 1 heterocycles. The molecule has 1 aromatic heterocycles. The Bertz CT molecular complexity index is 735. The fourth-order valence-electron chi connectivity index (χ4n) is 2.69. The van der Waals surface area contributed by atoms with Gasteiger partial charge in [0, 0.05) is 31.5 Å². The Morgan fingerprint density at radius 3 is 2.72 bits per heavy atom. The molecule has 0 radical (unpaired) electrons. The monoisotopic (exact) mass is 360 g/mol. The fourth-order valence-corrected chi connectivity index (χ4v) is 2.94. The molecule has 132 valence electrons. The zero-order valence-corrected chi connectivity index (χ0v) is 14.8. The van der Waals surface area contributed by atoms with Gasteiger partial charge in [-0.15, -0.1) is 0 Å². The number of aromatic nitrogens is 1. The van der Waals surface area contributed by atoms with Gasteiger partial charge in [-0.25, -0.2) is 4.79 Å². The Hall–Kier alpha value is -2.11. The van der Waals surface area contributed by atoms with Crippen molar-refractivity contribution in [1.29, 1.82) is 0 Å². The van der Waals surface area contributed by atoms with Crippen LogP contribution in [-0.2, 0) is 17.9 Å². The van der Waals surface area contributed by atoms with Gasteiger partial charge in [0.15, 0.2) is 6.10 Å². The van der Waals surface area contributed by atoms with Gasteiger partial charge in [0.2, 0.25) is 0 Å². The fraction of sp³-hybridized carbons (Fsp3) is 0.368. The van der Waals surface area contributed by atoms with Crippen molar-refractivity contribution in [2.75, 3.05) is 0 Å². The van der Waals surface area contributed by atoms with E-state index in [0.717, 1.165) is 18.7 Å². The second-order valence-corrected chi connectivity index (χ2v) is 6.77. The van der Waals surface area contributed by atoms with Gasteiger partial charge in [0.1, 0.15) is 5.75 Å². The summed E-state index contributed by atoms with van der Waals surface area (Å²) in [6, 6.07) is 10.2. The van der Waals surface area contributed by atoms with E-state index in [2.05, 4.69) is 16.0 Å². The molecule has 0 saturated heterocycles. The van der Waals surface area contributed by atoms with Crippen molar-refractivity contribution < 1.29 is 14.6 Å². The maximum absolute atomic E-state index is 10.9. The number of nitrogens with zero attached hydrogens (tertiary/aromatic N) is 2. The quantitative estimate of drug-likeness (QED) is 0.776. The van der Waals surface area contributed by atoms with E-state index in [9.17, 15) is 4.79 Å². The van der Waals surface area contributed by atoms with Crippen LogP contribution in [0.4, 0.5) is 0 Å². The van der Waals surface area contributed by atoms with Crippen molar-refractivity contribution in [2.45, 2.75) is 45.0 Å². The molecule has 2 aromatic rings. The highest BCUT2D eigenvalue weighted by Gasteiger charge is 2.29. The number of hydrogen-bond acceptors (Lipinski definition) is 4. The van der Waals surface area contributed by atoms with Crippen LogP contribution in [0, 0.1) is 0 Å². The zero-order valence-electron chi connectivity index (χ0n) is 14.1. The number of pyridine rings is 1. The van der Waals surface area contributed by atoms with E-state index in [1.807, 2.05) is 24.4 Å². The first-order chi connectivity index (χ1) is 12.0. The SMILES string of the molecule is C[C@H](Oc1ccc(CN(Cc2cccnc2)C2CC2)cc1Cl)C(=O)O. The lowest BCUT2D eigenvalue weighted by Crippen LogP contribution is -2.25. The number of rotatable bonds is 8. The Morgan fingerprint density at radius 1 is 1.36 bits per heavy atom. The first kappa shape index (κ1) is 17.7. The summed E-state index contributed by atoms with van der Waals surface area (Å²) < 4.78 is 5.37. The van der Waals surface area contributed by atoms with Crippen LogP contribution in [-0.4, -0.2) is 33.1 Å². The summed E-state index contributed by atoms with van der Waals surface area (Å²) in [7, 11) is 0. The minimum Gasteiger partial charge on any atom is -0.479 e. The van der Waals surface area contributed by atoms with Crippen molar-refractivity contribution in [3.63, 3.8) is 0 Å². The van der Waals surface area contributed by atoms with Crippen LogP contribution < -0.4 is 4.74 Å². The van der Waals surface area contributed by atoms with Gasteiger partial charge in [0.05, 0.1) is 5.02 Å². The topological polar surface area (TPSA) is 62.7 Å². The highest BCUT2D eigenvalue weighted by Crippen LogP contribution is 2.32. The van der Waals surface area contributed by atoms with E-state index in [1.54, 1.807) is 12.3 Å². The third-order valence-electron chi connectivity index (χ3n) is 4.21. The van der Waals surface area contributed by atoms with Gasteiger partial charge >= 0.3 is 5.97 Å². The summed E-state index contributed by atoms with van der Waals surface area (Å²) in [6.07, 6.45) is 5.17. The van der Waals surface area contributed by atoms with Crippen molar-refractivity contribution >= 4 is 17.6 Å². The predicted octanol–water partition coefficient (Wildman–Crippen LogP) is 3.75. The molecule has 1 aliphatic rings. The zero-order chi connectivity index (χ0) is 17.8. The van der Waals surface area contributed by atoms with Crippen LogP contribution in [0.1, 0.15) is 30.9 Å². The maximum atomic E-state index is 10.9. The normalized spacial score (nSPS) is 15.2. The number of ether oxygens (including phenoxy) is 1. The molecule has 6 heteroatoms. The highest BCUT2D eigenvalue weighted by atomic mass is 35.5. The van der Waals surface area contributed by atoms with E-state index >= 15 is 0 Å². The summed E-state index contributed by atoms with van der Waals surface area (Å²) in [5.74, 6) is -0.623. The largest absolute Gasteiger partial charge is 0.479 e. The highest BCUT2D eigenvalue weighted by molar-refractivity contribution is 6.32. The van der Waals surface area contributed by atoms with Crippen molar-refractivity contribution in [3.05, 3.63) is 58.9 Å². The average molecular weight is 361 g/mol. The van der Waals surface area contributed by atoms with Crippen molar-refractivity contribution in [2.24, 2.45) is 0 Å². The molecule has 0 spiro atoms. The lowest BCUT2D eigenvalue weighted by molar-refractivity contribution is -0.144. The first-order valence-electron chi connectivity index (χ1n) is 8.34. The molecular formula is C19H21ClN2O3. The molecule has 5 nitrogen and oxygen atoms in total. The van der Waals surface area contributed by atoms with Crippen LogP contribution in [0.3, 0.4) is 0 Å². The van der Waals surface area contributed by atoms with Crippen LogP contribution in [0.5, 0.6) is 5.75 Å². The Balaban J connectivity index is 1.68. The van der Waals surface area contributed by atoms with Crippen molar-refractivity contribution in [3.8, 4) is 5.75 Å². The van der Waals surface area contributed by atoms with Gasteiger partial charge in [-0.2, -0.15) is 0 Å². The number of carboxylic acid groups (broad SMARTS) is 1. The van der Waals surface area contributed by atoms with Gasteiger partial charge in [-0.3, -0.25) is 9.88 Å². The Kier molecular flexibility index (Phi) is 5.56. The molecule has 1 saturated carbocycles. The molecule has 1 aromatic carbocycles. The van der Waals surface area contributed by atoms with Crippen molar-refractivity contribution in [1.82, 2.24) is 9.88 Å². The van der Waals surface area contributed by atoms with E-state index in [0.29, 0.717) is 16.8 Å². The number of carboxylic acids is 1. The third kappa shape index (κ3) is 4.94.